The molecule has 2 nitrogen and oxygen atoms in total. The van der Waals surface area contributed by atoms with Gasteiger partial charge in [-0.3, -0.25) is 4.79 Å². The van der Waals surface area contributed by atoms with Gasteiger partial charge < -0.3 is 5.11 Å². The fraction of sp³-hybridized carbons (Fsp3) is 0.462. The minimum Gasteiger partial charge on any atom is -0.481 e. The molecule has 0 heterocycles. The summed E-state index contributed by atoms with van der Waals surface area (Å²) in [5.41, 5.74) is -0.510. The molecule has 0 atom stereocenters. The van der Waals surface area contributed by atoms with Gasteiger partial charge in [0.15, 0.2) is 0 Å². The first kappa shape index (κ1) is 13.8. The highest BCUT2D eigenvalue weighted by molar-refractivity contribution is 9.10. The van der Waals surface area contributed by atoms with E-state index in [-0.39, 0.29) is 9.50 Å². The zero-order chi connectivity index (χ0) is 13.3. The fourth-order valence-corrected chi connectivity index (χ4v) is 3.05. The Balaban J connectivity index is 2.52. The lowest BCUT2D eigenvalue weighted by atomic mass is 9.69. The molecule has 0 unspecified atom stereocenters. The predicted molar refractivity (Wildman–Crippen MR) is 71.5 cm³/mol. The van der Waals surface area contributed by atoms with Gasteiger partial charge in [0.05, 0.1) is 14.9 Å². The molecule has 1 saturated carbocycles. The Morgan fingerprint density at radius 1 is 1.33 bits per heavy atom. The summed E-state index contributed by atoms with van der Waals surface area (Å²) >= 11 is 8.96. The van der Waals surface area contributed by atoms with E-state index in [1.54, 1.807) is 6.07 Å². The lowest BCUT2D eigenvalue weighted by molar-refractivity contribution is -0.145. The molecule has 5 heteroatoms. The van der Waals surface area contributed by atoms with E-state index >= 15 is 0 Å². The summed E-state index contributed by atoms with van der Waals surface area (Å²) in [6.45, 7) is 0. The quantitative estimate of drug-likeness (QED) is 0.806. The molecular formula is C13H13BrClFO2. The molecule has 2 rings (SSSR count). The van der Waals surface area contributed by atoms with Crippen molar-refractivity contribution in [2.45, 2.75) is 37.5 Å². The van der Waals surface area contributed by atoms with E-state index in [9.17, 15) is 14.3 Å². The average Bonchev–Trinajstić information content (AvgIpc) is 2.36. The molecule has 1 aliphatic carbocycles. The van der Waals surface area contributed by atoms with Crippen LogP contribution in [0.1, 0.15) is 37.7 Å². The molecule has 98 valence electrons. The molecule has 0 radical (unpaired) electrons. The topological polar surface area (TPSA) is 37.3 Å². The number of carboxylic acid groups (broad SMARTS) is 1. The second kappa shape index (κ2) is 5.17. The van der Waals surface area contributed by atoms with Crippen LogP contribution in [0.2, 0.25) is 5.02 Å². The molecule has 0 spiro atoms. The van der Waals surface area contributed by atoms with Crippen LogP contribution in [0.3, 0.4) is 0 Å². The van der Waals surface area contributed by atoms with Crippen molar-refractivity contribution in [3.63, 3.8) is 0 Å². The first-order valence-corrected chi connectivity index (χ1v) is 7.03. The number of rotatable bonds is 2. The van der Waals surface area contributed by atoms with Crippen molar-refractivity contribution in [1.82, 2.24) is 0 Å². The third-order valence-corrected chi connectivity index (χ3v) is 4.99. The van der Waals surface area contributed by atoms with Crippen molar-refractivity contribution in [2.24, 2.45) is 0 Å². The lowest BCUT2D eigenvalue weighted by Gasteiger charge is -2.33. The van der Waals surface area contributed by atoms with Crippen LogP contribution in [0.5, 0.6) is 0 Å². The smallest absolute Gasteiger partial charge is 0.314 e. The van der Waals surface area contributed by atoms with E-state index in [0.717, 1.165) is 19.3 Å². The number of hydrogen-bond donors (Lipinski definition) is 1. The Hall–Kier alpha value is -0.610. The maximum atomic E-state index is 13.7. The Labute approximate surface area is 118 Å². The number of hydrogen-bond acceptors (Lipinski definition) is 1. The van der Waals surface area contributed by atoms with Crippen molar-refractivity contribution in [3.8, 4) is 0 Å². The Morgan fingerprint density at radius 2 is 1.94 bits per heavy atom. The summed E-state index contributed by atoms with van der Waals surface area (Å²) in [6, 6.07) is 2.85. The molecule has 1 aromatic carbocycles. The summed E-state index contributed by atoms with van der Waals surface area (Å²) in [5, 5.41) is 9.73. The standard InChI is InChI=1S/C13H13BrClFO2/c14-11-9(15)6-8(7-10(11)16)13(12(17)18)4-2-1-3-5-13/h6-7H,1-5H2,(H,17,18). The van der Waals surface area contributed by atoms with Crippen LogP contribution in [-0.4, -0.2) is 11.1 Å². The van der Waals surface area contributed by atoms with Gasteiger partial charge in [-0.2, -0.15) is 0 Å². The number of carbonyl (C=O) groups is 1. The molecule has 1 aliphatic rings. The summed E-state index contributed by atoms with van der Waals surface area (Å²) < 4.78 is 13.9. The average molecular weight is 336 g/mol. The lowest BCUT2D eigenvalue weighted by Crippen LogP contribution is -2.37. The summed E-state index contributed by atoms with van der Waals surface area (Å²) in [7, 11) is 0. The molecular weight excluding hydrogens is 322 g/mol. The molecule has 0 saturated heterocycles. The van der Waals surface area contributed by atoms with E-state index in [1.165, 1.54) is 6.07 Å². The second-order valence-corrected chi connectivity index (χ2v) is 5.90. The van der Waals surface area contributed by atoms with Crippen molar-refractivity contribution in [1.29, 1.82) is 0 Å². The SMILES string of the molecule is O=C(O)C1(c2cc(F)c(Br)c(Cl)c2)CCCCC1. The zero-order valence-electron chi connectivity index (χ0n) is 9.68. The van der Waals surface area contributed by atoms with Crippen molar-refractivity contribution < 1.29 is 14.3 Å². The second-order valence-electron chi connectivity index (χ2n) is 4.70. The third kappa shape index (κ3) is 2.28. The molecule has 1 fully saturated rings. The Kier molecular flexibility index (Phi) is 3.97. The highest BCUT2D eigenvalue weighted by Gasteiger charge is 2.41. The van der Waals surface area contributed by atoms with Gasteiger partial charge in [-0.05, 0) is 46.5 Å². The largest absolute Gasteiger partial charge is 0.481 e. The third-order valence-electron chi connectivity index (χ3n) is 3.65. The van der Waals surface area contributed by atoms with E-state index in [1.807, 2.05) is 0 Å². The van der Waals surface area contributed by atoms with Gasteiger partial charge in [-0.25, -0.2) is 4.39 Å². The monoisotopic (exact) mass is 334 g/mol. The van der Waals surface area contributed by atoms with Crippen LogP contribution in [0.15, 0.2) is 16.6 Å². The minimum atomic E-state index is -0.983. The normalized spacial score (nSPS) is 18.6. The van der Waals surface area contributed by atoms with Gasteiger partial charge in [0.2, 0.25) is 0 Å². The summed E-state index contributed by atoms with van der Waals surface area (Å²) in [4.78, 5) is 11.6. The van der Waals surface area contributed by atoms with Gasteiger partial charge >= 0.3 is 5.97 Å². The van der Waals surface area contributed by atoms with Crippen molar-refractivity contribution >= 4 is 33.5 Å². The number of carboxylic acids is 1. The Morgan fingerprint density at radius 3 is 2.44 bits per heavy atom. The van der Waals surface area contributed by atoms with Gasteiger partial charge in [0.25, 0.3) is 0 Å². The molecule has 0 bridgehead atoms. The van der Waals surface area contributed by atoms with Gasteiger partial charge in [0.1, 0.15) is 5.82 Å². The summed E-state index contributed by atoms with van der Waals surface area (Å²) in [6.07, 6.45) is 3.81. The fourth-order valence-electron chi connectivity index (χ4n) is 2.61. The van der Waals surface area contributed by atoms with E-state index < -0.39 is 17.2 Å². The van der Waals surface area contributed by atoms with E-state index in [2.05, 4.69) is 15.9 Å². The van der Waals surface area contributed by atoms with Gasteiger partial charge in [-0.1, -0.05) is 30.9 Å². The van der Waals surface area contributed by atoms with Crippen molar-refractivity contribution in [3.05, 3.63) is 33.0 Å². The maximum absolute atomic E-state index is 13.7. The number of benzene rings is 1. The molecule has 0 amide bonds. The molecule has 18 heavy (non-hydrogen) atoms. The zero-order valence-corrected chi connectivity index (χ0v) is 12.0. The van der Waals surface area contributed by atoms with Crippen LogP contribution >= 0.6 is 27.5 Å². The van der Waals surface area contributed by atoms with Crippen LogP contribution in [0, 0.1) is 5.82 Å². The first-order valence-electron chi connectivity index (χ1n) is 5.86. The summed E-state index contributed by atoms with van der Waals surface area (Å²) in [5.74, 6) is -1.40. The Bertz CT molecular complexity index is 461. The molecule has 1 N–H and O–H groups in total. The van der Waals surface area contributed by atoms with Crippen LogP contribution in [0.4, 0.5) is 4.39 Å². The highest BCUT2D eigenvalue weighted by atomic mass is 79.9. The van der Waals surface area contributed by atoms with Crippen LogP contribution in [0.25, 0.3) is 0 Å². The number of halogens is 3. The highest BCUT2D eigenvalue weighted by Crippen LogP contribution is 2.42. The molecule has 0 aliphatic heterocycles. The van der Waals surface area contributed by atoms with Crippen molar-refractivity contribution in [2.75, 3.05) is 0 Å². The molecule has 0 aromatic heterocycles. The van der Waals surface area contributed by atoms with Crippen LogP contribution in [-0.2, 0) is 10.2 Å². The van der Waals surface area contributed by atoms with E-state index in [0.29, 0.717) is 18.4 Å². The molecule has 1 aromatic rings. The number of aliphatic carboxylic acids is 1. The van der Waals surface area contributed by atoms with Crippen LogP contribution < -0.4 is 0 Å². The first-order chi connectivity index (χ1) is 8.47. The van der Waals surface area contributed by atoms with Gasteiger partial charge in [0, 0.05) is 0 Å². The maximum Gasteiger partial charge on any atom is 0.314 e. The predicted octanol–water partition coefficient (Wildman–Crippen LogP) is 4.53. The minimum absolute atomic E-state index is 0.185. The van der Waals surface area contributed by atoms with E-state index in [4.69, 9.17) is 11.6 Å². The van der Waals surface area contributed by atoms with Gasteiger partial charge in [-0.15, -0.1) is 0 Å².